The minimum absolute atomic E-state index is 0.402. The lowest BCUT2D eigenvalue weighted by molar-refractivity contribution is -0.101. The number of rotatable bonds is 9. The molecule has 0 aliphatic heterocycles. The van der Waals surface area contributed by atoms with Gasteiger partial charge >= 0.3 is 0 Å². The molecule has 0 aromatic rings. The highest BCUT2D eigenvalue weighted by molar-refractivity contribution is 4.63. The van der Waals surface area contributed by atoms with Crippen LogP contribution in [0.3, 0.4) is 0 Å². The summed E-state index contributed by atoms with van der Waals surface area (Å²) >= 11 is 0. The quantitative estimate of drug-likeness (QED) is 0.328. The average Bonchev–Trinajstić information content (AvgIpc) is 2.09. The molecule has 0 aromatic carbocycles. The molecule has 1 unspecified atom stereocenters. The maximum atomic E-state index is 8.71. The largest absolute Gasteiger partial charge is 0.377 e. The molecule has 13 heavy (non-hydrogen) atoms. The monoisotopic (exact) mass is 190 g/mol. The van der Waals surface area contributed by atoms with E-state index in [1.165, 1.54) is 0 Å². The Morgan fingerprint density at radius 1 is 1.23 bits per heavy atom. The third-order valence-electron chi connectivity index (χ3n) is 1.19. The first-order chi connectivity index (χ1) is 6.27. The topological polar surface area (TPSA) is 47.9 Å². The maximum Gasteiger partial charge on any atom is 0.151 e. The molecule has 0 heterocycles. The van der Waals surface area contributed by atoms with E-state index in [4.69, 9.17) is 19.3 Å². The number of ether oxygens (including phenoxy) is 3. The van der Waals surface area contributed by atoms with Gasteiger partial charge in [0, 0.05) is 0 Å². The van der Waals surface area contributed by atoms with Crippen molar-refractivity contribution in [3.05, 3.63) is 12.7 Å². The third kappa shape index (κ3) is 11.6. The first kappa shape index (κ1) is 12.6. The predicted octanol–water partition coefficient (Wildman–Crippen LogP) is 0.560. The smallest absolute Gasteiger partial charge is 0.151 e. The van der Waals surface area contributed by atoms with Crippen molar-refractivity contribution in [1.82, 2.24) is 0 Å². The summed E-state index contributed by atoms with van der Waals surface area (Å²) < 4.78 is 15.1. The van der Waals surface area contributed by atoms with Crippen molar-refractivity contribution in [2.24, 2.45) is 0 Å². The zero-order valence-electron chi connectivity index (χ0n) is 8.07. The molecule has 0 aliphatic rings. The molecule has 1 atom stereocenters. The first-order valence-electron chi connectivity index (χ1n) is 4.33. The Labute approximate surface area is 79.1 Å². The molecular weight excluding hydrogens is 172 g/mol. The van der Waals surface area contributed by atoms with Gasteiger partial charge in [0.05, 0.1) is 33.0 Å². The van der Waals surface area contributed by atoms with Gasteiger partial charge in [-0.15, -0.1) is 6.58 Å². The van der Waals surface area contributed by atoms with Crippen molar-refractivity contribution in [2.45, 2.75) is 13.2 Å². The van der Waals surface area contributed by atoms with E-state index in [9.17, 15) is 0 Å². The van der Waals surface area contributed by atoms with Gasteiger partial charge in [-0.2, -0.15) is 0 Å². The Morgan fingerprint density at radius 2 is 1.85 bits per heavy atom. The van der Waals surface area contributed by atoms with Crippen molar-refractivity contribution in [3.8, 4) is 0 Å². The van der Waals surface area contributed by atoms with E-state index in [2.05, 4.69) is 6.58 Å². The Bertz CT molecular complexity index is 114. The van der Waals surface area contributed by atoms with Gasteiger partial charge in [0.2, 0.25) is 0 Å². The molecule has 1 N–H and O–H groups in total. The van der Waals surface area contributed by atoms with Gasteiger partial charge < -0.3 is 19.3 Å². The zero-order valence-corrected chi connectivity index (χ0v) is 8.07. The summed E-state index contributed by atoms with van der Waals surface area (Å²) in [5.41, 5.74) is 0. The zero-order chi connectivity index (χ0) is 9.94. The van der Waals surface area contributed by atoms with Gasteiger partial charge in [-0.1, -0.05) is 6.08 Å². The van der Waals surface area contributed by atoms with Crippen molar-refractivity contribution >= 4 is 0 Å². The second-order valence-electron chi connectivity index (χ2n) is 2.45. The minimum Gasteiger partial charge on any atom is -0.377 e. The molecule has 0 bridgehead atoms. The van der Waals surface area contributed by atoms with Crippen molar-refractivity contribution in [3.63, 3.8) is 0 Å². The highest BCUT2D eigenvalue weighted by Gasteiger charge is 1.93. The summed E-state index contributed by atoms with van der Waals surface area (Å²) in [5, 5.41) is 8.71. The molecule has 4 heteroatoms. The van der Waals surface area contributed by atoms with Crippen LogP contribution in [-0.4, -0.2) is 44.4 Å². The van der Waals surface area contributed by atoms with E-state index in [1.54, 1.807) is 13.0 Å². The van der Waals surface area contributed by atoms with Crippen LogP contribution in [-0.2, 0) is 14.2 Å². The van der Waals surface area contributed by atoms with Crippen LogP contribution in [0, 0.1) is 0 Å². The fourth-order valence-electron chi connectivity index (χ4n) is 0.664. The fraction of sp³-hybridized carbons (Fsp3) is 0.778. The van der Waals surface area contributed by atoms with Crippen LogP contribution in [0.2, 0.25) is 0 Å². The second kappa shape index (κ2) is 9.67. The van der Waals surface area contributed by atoms with Crippen LogP contribution < -0.4 is 0 Å². The van der Waals surface area contributed by atoms with Crippen molar-refractivity contribution < 1.29 is 19.3 Å². The van der Waals surface area contributed by atoms with E-state index in [-0.39, 0.29) is 0 Å². The summed E-state index contributed by atoms with van der Waals surface area (Å²) in [6, 6.07) is 0. The molecule has 0 spiro atoms. The number of aliphatic hydroxyl groups is 1. The Morgan fingerprint density at radius 3 is 2.46 bits per heavy atom. The molecule has 0 saturated carbocycles. The standard InChI is InChI=1S/C9H18O4/c1-3-4-11-5-6-12-7-8-13-9(2)10/h3,9-10H,1,4-8H2,2H3. The van der Waals surface area contributed by atoms with Crippen LogP contribution >= 0.6 is 0 Å². The Balaban J connectivity index is 2.87. The second-order valence-corrected chi connectivity index (χ2v) is 2.45. The number of aliphatic hydroxyl groups excluding tert-OH is 1. The van der Waals surface area contributed by atoms with E-state index in [0.717, 1.165) is 0 Å². The van der Waals surface area contributed by atoms with Crippen molar-refractivity contribution in [1.29, 1.82) is 0 Å². The maximum absolute atomic E-state index is 8.71. The average molecular weight is 190 g/mol. The molecule has 4 nitrogen and oxygen atoms in total. The van der Waals surface area contributed by atoms with Gasteiger partial charge in [-0.05, 0) is 6.92 Å². The summed E-state index contributed by atoms with van der Waals surface area (Å²) in [4.78, 5) is 0. The molecule has 0 saturated heterocycles. The fourth-order valence-corrected chi connectivity index (χ4v) is 0.664. The molecule has 0 fully saturated rings. The van der Waals surface area contributed by atoms with E-state index >= 15 is 0 Å². The number of hydrogen-bond acceptors (Lipinski definition) is 4. The lowest BCUT2D eigenvalue weighted by Gasteiger charge is -2.07. The predicted molar refractivity (Wildman–Crippen MR) is 49.5 cm³/mol. The number of hydrogen-bond donors (Lipinski definition) is 1. The normalized spacial score (nSPS) is 12.8. The molecule has 0 amide bonds. The Kier molecular flexibility index (Phi) is 9.35. The summed E-state index contributed by atoms with van der Waals surface area (Å²) in [6.45, 7) is 7.60. The van der Waals surface area contributed by atoms with Gasteiger partial charge in [-0.25, -0.2) is 0 Å². The van der Waals surface area contributed by atoms with Crippen LogP contribution in [0.15, 0.2) is 12.7 Å². The highest BCUT2D eigenvalue weighted by atomic mass is 16.6. The molecule has 78 valence electrons. The molecule has 0 radical (unpaired) electrons. The minimum atomic E-state index is -0.722. The van der Waals surface area contributed by atoms with Gasteiger partial charge in [0.25, 0.3) is 0 Å². The van der Waals surface area contributed by atoms with Crippen LogP contribution in [0.25, 0.3) is 0 Å². The summed E-state index contributed by atoms with van der Waals surface area (Å²) in [6.07, 6.45) is 0.969. The molecule has 0 aliphatic carbocycles. The summed E-state index contributed by atoms with van der Waals surface area (Å²) in [5.74, 6) is 0. The lowest BCUT2D eigenvalue weighted by atomic mass is 10.6. The Hall–Kier alpha value is -0.420. The van der Waals surface area contributed by atoms with Crippen LogP contribution in [0.4, 0.5) is 0 Å². The van der Waals surface area contributed by atoms with Crippen LogP contribution in [0.1, 0.15) is 6.92 Å². The van der Waals surface area contributed by atoms with Gasteiger partial charge in [0.1, 0.15) is 0 Å². The van der Waals surface area contributed by atoms with Gasteiger partial charge in [-0.3, -0.25) is 0 Å². The van der Waals surface area contributed by atoms with E-state index in [0.29, 0.717) is 33.0 Å². The lowest BCUT2D eigenvalue weighted by Crippen LogP contribution is -2.13. The van der Waals surface area contributed by atoms with Crippen LogP contribution in [0.5, 0.6) is 0 Å². The van der Waals surface area contributed by atoms with E-state index < -0.39 is 6.29 Å². The van der Waals surface area contributed by atoms with E-state index in [1.807, 2.05) is 0 Å². The highest BCUT2D eigenvalue weighted by Crippen LogP contribution is 1.84. The molecule has 0 rings (SSSR count). The van der Waals surface area contributed by atoms with Crippen molar-refractivity contribution in [2.75, 3.05) is 33.0 Å². The summed E-state index contributed by atoms with van der Waals surface area (Å²) in [7, 11) is 0. The van der Waals surface area contributed by atoms with Gasteiger partial charge in [0.15, 0.2) is 6.29 Å². The molecule has 0 aromatic heterocycles. The third-order valence-corrected chi connectivity index (χ3v) is 1.19. The first-order valence-corrected chi connectivity index (χ1v) is 4.33. The molecular formula is C9H18O4. The SMILES string of the molecule is C=CCOCCOCCOC(C)O.